The van der Waals surface area contributed by atoms with Gasteiger partial charge in [0, 0.05) is 12.6 Å². The van der Waals surface area contributed by atoms with Crippen LogP contribution in [-0.2, 0) is 12.7 Å². The molecule has 1 heterocycles. The Morgan fingerprint density at radius 2 is 1.57 bits per heavy atom. The van der Waals surface area contributed by atoms with E-state index in [0.717, 1.165) is 31.7 Å². The van der Waals surface area contributed by atoms with Gasteiger partial charge in [0.1, 0.15) is 11.4 Å². The lowest BCUT2D eigenvalue weighted by atomic mass is 9.82. The Bertz CT molecular complexity index is 1290. The third-order valence-electron chi connectivity index (χ3n) is 6.28. The highest BCUT2D eigenvalue weighted by Crippen LogP contribution is 2.33. The molecule has 1 aliphatic carbocycles. The molecule has 4 rings (SSSR count). The zero-order valence-corrected chi connectivity index (χ0v) is 18.7. The zero-order chi connectivity index (χ0) is 25.0. The van der Waals surface area contributed by atoms with Crippen molar-refractivity contribution in [2.24, 2.45) is 0 Å². The highest BCUT2D eigenvalue weighted by atomic mass is 19.4. The van der Waals surface area contributed by atoms with Crippen molar-refractivity contribution in [2.45, 2.75) is 50.4 Å². The molecular weight excluding hydrogens is 461 g/mol. The summed E-state index contributed by atoms with van der Waals surface area (Å²) in [5, 5.41) is 5.46. The van der Waals surface area contributed by atoms with E-state index in [2.05, 4.69) is 27.8 Å². The highest BCUT2D eigenvalue weighted by molar-refractivity contribution is 5.97. The molecule has 0 bridgehead atoms. The summed E-state index contributed by atoms with van der Waals surface area (Å²) >= 11 is 0. The van der Waals surface area contributed by atoms with Crippen LogP contribution in [0, 0.1) is 0 Å². The van der Waals surface area contributed by atoms with E-state index < -0.39 is 28.9 Å². The summed E-state index contributed by atoms with van der Waals surface area (Å²) in [6.07, 6.45) is -1.38. The number of H-pyrrole nitrogens is 2. The Morgan fingerprint density at radius 1 is 0.914 bits per heavy atom. The molecule has 4 N–H and O–H groups in total. The lowest BCUT2D eigenvalue weighted by molar-refractivity contribution is -0.138. The van der Waals surface area contributed by atoms with Crippen LogP contribution in [0.15, 0.2) is 64.2 Å². The van der Waals surface area contributed by atoms with Crippen LogP contribution in [0.1, 0.15) is 58.8 Å². The van der Waals surface area contributed by atoms with Crippen molar-refractivity contribution in [1.29, 1.82) is 0 Å². The first-order valence-electron chi connectivity index (χ1n) is 11.3. The molecule has 1 saturated carbocycles. The smallest absolute Gasteiger partial charge is 0.375 e. The molecule has 0 spiro atoms. The normalized spacial score (nSPS) is 18.1. The van der Waals surface area contributed by atoms with Gasteiger partial charge in [0.25, 0.3) is 11.5 Å². The Labute approximate surface area is 198 Å². The number of nitrogens with one attached hydrogen (secondary N) is 4. The fourth-order valence-electron chi connectivity index (χ4n) is 4.51. The number of anilines is 1. The van der Waals surface area contributed by atoms with Crippen LogP contribution in [0.4, 0.5) is 18.9 Å². The molecule has 0 atom stereocenters. The molecule has 184 valence electrons. The third kappa shape index (κ3) is 5.82. The number of amides is 1. The van der Waals surface area contributed by atoms with Crippen molar-refractivity contribution in [3.8, 4) is 0 Å². The van der Waals surface area contributed by atoms with Gasteiger partial charge in [-0.25, -0.2) is 4.79 Å². The fourth-order valence-corrected chi connectivity index (χ4v) is 4.51. The van der Waals surface area contributed by atoms with Gasteiger partial charge in [0.15, 0.2) is 0 Å². The van der Waals surface area contributed by atoms with Crippen LogP contribution >= 0.6 is 0 Å². The molecule has 3 aromatic rings. The molecule has 1 aliphatic rings. The SMILES string of the molecule is O=C(N[C@H]1CC[C@@H](c2ccccc2)CC1)c1[nH]c(=O)[nH]c(=O)c1NCc1ccccc1C(F)(F)F. The van der Waals surface area contributed by atoms with E-state index in [4.69, 9.17) is 0 Å². The number of aromatic nitrogens is 2. The van der Waals surface area contributed by atoms with Crippen molar-refractivity contribution in [1.82, 2.24) is 15.3 Å². The van der Waals surface area contributed by atoms with Crippen LogP contribution in [0.2, 0.25) is 0 Å². The molecule has 0 saturated heterocycles. The minimum atomic E-state index is -4.57. The van der Waals surface area contributed by atoms with Gasteiger partial charge >= 0.3 is 11.9 Å². The van der Waals surface area contributed by atoms with Gasteiger partial charge in [0.05, 0.1) is 5.56 Å². The summed E-state index contributed by atoms with van der Waals surface area (Å²) in [4.78, 5) is 41.6. The second-order valence-corrected chi connectivity index (χ2v) is 8.60. The summed E-state index contributed by atoms with van der Waals surface area (Å²) in [7, 11) is 0. The van der Waals surface area contributed by atoms with Gasteiger partial charge in [0.2, 0.25) is 0 Å². The molecule has 10 heteroatoms. The first-order chi connectivity index (χ1) is 16.7. The highest BCUT2D eigenvalue weighted by Gasteiger charge is 2.33. The van der Waals surface area contributed by atoms with E-state index >= 15 is 0 Å². The maximum Gasteiger partial charge on any atom is 0.416 e. The lowest BCUT2D eigenvalue weighted by Gasteiger charge is -2.29. The first-order valence-corrected chi connectivity index (χ1v) is 11.3. The van der Waals surface area contributed by atoms with Gasteiger partial charge in [-0.15, -0.1) is 0 Å². The van der Waals surface area contributed by atoms with Gasteiger partial charge in [-0.3, -0.25) is 14.6 Å². The summed E-state index contributed by atoms with van der Waals surface area (Å²) in [6, 6.07) is 14.9. The maximum absolute atomic E-state index is 13.3. The Hall–Kier alpha value is -3.82. The molecule has 1 amide bonds. The summed E-state index contributed by atoms with van der Waals surface area (Å²) in [5.41, 5.74) is -2.08. The monoisotopic (exact) mass is 486 g/mol. The summed E-state index contributed by atoms with van der Waals surface area (Å²) in [5.74, 6) is -0.266. The topological polar surface area (TPSA) is 107 Å². The van der Waals surface area contributed by atoms with Crippen molar-refractivity contribution in [3.63, 3.8) is 0 Å². The number of carbonyl (C=O) groups is 1. The Kier molecular flexibility index (Phi) is 7.09. The van der Waals surface area contributed by atoms with Crippen molar-refractivity contribution in [3.05, 3.63) is 97.8 Å². The molecule has 1 fully saturated rings. The van der Waals surface area contributed by atoms with Gasteiger partial charge < -0.3 is 15.6 Å². The number of hydrogen-bond donors (Lipinski definition) is 4. The number of halogens is 3. The van der Waals surface area contributed by atoms with E-state index in [9.17, 15) is 27.6 Å². The van der Waals surface area contributed by atoms with Gasteiger partial charge in [-0.1, -0.05) is 48.5 Å². The molecular formula is C25H25F3N4O3. The number of benzene rings is 2. The van der Waals surface area contributed by atoms with Crippen molar-refractivity contribution >= 4 is 11.6 Å². The predicted molar refractivity (Wildman–Crippen MR) is 125 cm³/mol. The largest absolute Gasteiger partial charge is 0.416 e. The summed E-state index contributed by atoms with van der Waals surface area (Å²) in [6.45, 7) is -0.368. The number of alkyl halides is 3. The quantitative estimate of drug-likeness (QED) is 0.420. The zero-order valence-electron chi connectivity index (χ0n) is 18.7. The molecule has 2 aromatic carbocycles. The van der Waals surface area contributed by atoms with Crippen LogP contribution in [0.5, 0.6) is 0 Å². The molecule has 0 aliphatic heterocycles. The van der Waals surface area contributed by atoms with E-state index in [1.165, 1.54) is 23.8 Å². The summed E-state index contributed by atoms with van der Waals surface area (Å²) < 4.78 is 39.9. The second kappa shape index (κ2) is 10.2. The van der Waals surface area contributed by atoms with E-state index in [0.29, 0.717) is 5.92 Å². The van der Waals surface area contributed by atoms with E-state index in [1.54, 1.807) is 0 Å². The standard InChI is InChI=1S/C25H25F3N4O3/c26-25(27,28)19-9-5-4-8-17(19)14-29-20-21(31-24(35)32-22(20)33)23(34)30-18-12-10-16(11-13-18)15-6-2-1-3-7-15/h1-9,16,18,29H,10-14H2,(H,30,34)(H2,31,32,33,35)/t16-,18+. The van der Waals surface area contributed by atoms with Crippen LogP contribution in [-0.4, -0.2) is 21.9 Å². The fraction of sp³-hybridized carbons (Fsp3) is 0.320. The predicted octanol–water partition coefficient (Wildman–Crippen LogP) is 4.15. The lowest BCUT2D eigenvalue weighted by Crippen LogP contribution is -2.40. The average molecular weight is 486 g/mol. The number of rotatable bonds is 6. The molecule has 0 unspecified atom stereocenters. The van der Waals surface area contributed by atoms with Crippen molar-refractivity contribution in [2.75, 3.05) is 5.32 Å². The van der Waals surface area contributed by atoms with Crippen LogP contribution < -0.4 is 21.9 Å². The molecule has 7 nitrogen and oxygen atoms in total. The minimum Gasteiger partial charge on any atom is -0.375 e. The number of carbonyl (C=O) groups excluding carboxylic acids is 1. The van der Waals surface area contributed by atoms with Crippen molar-refractivity contribution < 1.29 is 18.0 Å². The molecule has 0 radical (unpaired) electrons. The Morgan fingerprint density at radius 3 is 2.26 bits per heavy atom. The second-order valence-electron chi connectivity index (χ2n) is 8.60. The van der Waals surface area contributed by atoms with Crippen LogP contribution in [0.3, 0.4) is 0 Å². The number of aromatic amines is 2. The van der Waals surface area contributed by atoms with Gasteiger partial charge in [-0.05, 0) is 48.8 Å². The number of hydrogen-bond acceptors (Lipinski definition) is 4. The third-order valence-corrected chi connectivity index (χ3v) is 6.28. The molecule has 35 heavy (non-hydrogen) atoms. The average Bonchev–Trinajstić information content (AvgIpc) is 2.83. The molecule has 1 aromatic heterocycles. The Balaban J connectivity index is 1.47. The van der Waals surface area contributed by atoms with E-state index in [-0.39, 0.29) is 29.5 Å². The van der Waals surface area contributed by atoms with Crippen LogP contribution in [0.25, 0.3) is 0 Å². The van der Waals surface area contributed by atoms with Gasteiger partial charge in [-0.2, -0.15) is 13.2 Å². The maximum atomic E-state index is 13.3. The minimum absolute atomic E-state index is 0.101. The first kappa shape index (κ1) is 24.3. The van der Waals surface area contributed by atoms with E-state index in [1.807, 2.05) is 23.2 Å².